The highest BCUT2D eigenvalue weighted by Crippen LogP contribution is 2.03. The van der Waals surface area contributed by atoms with Gasteiger partial charge in [0.05, 0.1) is 5.70 Å². The molecule has 116 valence electrons. The van der Waals surface area contributed by atoms with Gasteiger partial charge in [-0.3, -0.25) is 9.78 Å². The van der Waals surface area contributed by atoms with Gasteiger partial charge in [-0.25, -0.2) is 0 Å². The van der Waals surface area contributed by atoms with E-state index in [1.54, 1.807) is 30.6 Å². The van der Waals surface area contributed by atoms with E-state index in [1.807, 2.05) is 19.1 Å². The first-order valence-corrected chi connectivity index (χ1v) is 6.96. The molecule has 1 rings (SSSR count). The second-order valence-corrected chi connectivity index (χ2v) is 4.71. The Hall–Kier alpha value is -3.19. The minimum absolute atomic E-state index is 0.228. The Labute approximate surface area is 136 Å². The molecule has 0 aliphatic carbocycles. The predicted octanol–water partition coefficient (Wildman–Crippen LogP) is 3.16. The molecular formula is C19H19N3O. The molecule has 0 radical (unpaired) electrons. The summed E-state index contributed by atoms with van der Waals surface area (Å²) in [7, 11) is 0. The van der Waals surface area contributed by atoms with Crippen LogP contribution in [-0.4, -0.2) is 17.1 Å². The van der Waals surface area contributed by atoms with E-state index in [9.17, 15) is 4.79 Å². The van der Waals surface area contributed by atoms with Crippen LogP contribution in [0.4, 0.5) is 0 Å². The normalized spacial score (nSPS) is 10.6. The minimum Gasteiger partial charge on any atom is -0.321 e. The van der Waals surface area contributed by atoms with E-state index in [0.717, 1.165) is 17.4 Å². The SMILES string of the molecule is C=C(C)/C=C\C(=C/CC#Cc1cccnc1)C(=O)NC(=C)C=N. The maximum atomic E-state index is 12.1. The first kappa shape index (κ1) is 17.9. The van der Waals surface area contributed by atoms with Crippen LogP contribution in [0.5, 0.6) is 0 Å². The van der Waals surface area contributed by atoms with Gasteiger partial charge in [0, 0.05) is 36.2 Å². The fourth-order valence-corrected chi connectivity index (χ4v) is 1.47. The number of carbonyl (C=O) groups excluding carboxylic acids is 1. The number of amides is 1. The van der Waals surface area contributed by atoms with Crippen LogP contribution < -0.4 is 5.32 Å². The standard InChI is InChI=1S/C19H19N3O/c1-15(2)10-11-18(19(23)22-16(3)13-20)9-5-4-7-17-8-6-12-21-14-17/h6,8-14,20H,1,3,5H2,2H3,(H,22,23)/b11-10-,18-9+,20-13?. The van der Waals surface area contributed by atoms with Crippen molar-refractivity contribution in [2.75, 3.05) is 0 Å². The minimum atomic E-state index is -0.334. The molecule has 1 aromatic heterocycles. The van der Waals surface area contributed by atoms with Crippen molar-refractivity contribution in [1.82, 2.24) is 10.3 Å². The number of hydrogen-bond acceptors (Lipinski definition) is 3. The van der Waals surface area contributed by atoms with Crippen LogP contribution in [0, 0.1) is 17.3 Å². The smallest absolute Gasteiger partial charge is 0.255 e. The van der Waals surface area contributed by atoms with Crippen molar-refractivity contribution < 1.29 is 4.79 Å². The van der Waals surface area contributed by atoms with Gasteiger partial charge in [-0.15, -0.1) is 0 Å². The molecular weight excluding hydrogens is 286 g/mol. The average molecular weight is 305 g/mol. The van der Waals surface area contributed by atoms with E-state index in [-0.39, 0.29) is 11.6 Å². The van der Waals surface area contributed by atoms with E-state index >= 15 is 0 Å². The van der Waals surface area contributed by atoms with Gasteiger partial charge in [0.15, 0.2) is 0 Å². The highest BCUT2D eigenvalue weighted by molar-refractivity contribution is 5.99. The van der Waals surface area contributed by atoms with E-state index in [0.29, 0.717) is 12.0 Å². The molecule has 2 N–H and O–H groups in total. The third kappa shape index (κ3) is 7.39. The zero-order valence-electron chi connectivity index (χ0n) is 13.1. The lowest BCUT2D eigenvalue weighted by molar-refractivity contribution is -0.116. The van der Waals surface area contributed by atoms with Gasteiger partial charge in [0.1, 0.15) is 0 Å². The Kier molecular flexibility index (Phi) is 7.53. The maximum Gasteiger partial charge on any atom is 0.255 e. The summed E-state index contributed by atoms with van der Waals surface area (Å²) in [5.41, 5.74) is 2.32. The molecule has 0 bridgehead atoms. The second kappa shape index (κ2) is 9.69. The first-order valence-electron chi connectivity index (χ1n) is 6.96. The number of nitrogens with one attached hydrogen (secondary N) is 2. The fraction of sp³-hybridized carbons (Fsp3) is 0.105. The van der Waals surface area contributed by atoms with Crippen molar-refractivity contribution in [3.05, 3.63) is 78.3 Å². The zero-order chi connectivity index (χ0) is 17.1. The molecule has 1 heterocycles. The van der Waals surface area contributed by atoms with Gasteiger partial charge < -0.3 is 10.7 Å². The van der Waals surface area contributed by atoms with Gasteiger partial charge in [-0.05, 0) is 25.1 Å². The Morgan fingerprint density at radius 1 is 1.43 bits per heavy atom. The van der Waals surface area contributed by atoms with E-state index in [2.05, 4.69) is 35.3 Å². The number of nitrogens with zero attached hydrogens (tertiary/aromatic N) is 1. The molecule has 1 aromatic rings. The van der Waals surface area contributed by atoms with Crippen LogP contribution in [0.2, 0.25) is 0 Å². The molecule has 0 aliphatic rings. The summed E-state index contributed by atoms with van der Waals surface area (Å²) in [4.78, 5) is 16.1. The molecule has 0 spiro atoms. The molecule has 0 aliphatic heterocycles. The number of aromatic nitrogens is 1. The average Bonchev–Trinajstić information content (AvgIpc) is 2.54. The first-order chi connectivity index (χ1) is 11.0. The highest BCUT2D eigenvalue weighted by Gasteiger charge is 2.05. The fourth-order valence-electron chi connectivity index (χ4n) is 1.47. The quantitative estimate of drug-likeness (QED) is 0.367. The summed E-state index contributed by atoms with van der Waals surface area (Å²) in [5, 5.41) is 9.59. The lowest BCUT2D eigenvalue weighted by Gasteiger charge is -2.04. The van der Waals surface area contributed by atoms with E-state index < -0.39 is 0 Å². The van der Waals surface area contributed by atoms with Gasteiger partial charge in [-0.1, -0.05) is 42.7 Å². The molecule has 0 atom stereocenters. The van der Waals surface area contributed by atoms with Crippen LogP contribution in [-0.2, 0) is 4.79 Å². The lowest BCUT2D eigenvalue weighted by atomic mass is 10.1. The topological polar surface area (TPSA) is 65.8 Å². The van der Waals surface area contributed by atoms with Crippen LogP contribution >= 0.6 is 0 Å². The van der Waals surface area contributed by atoms with Crippen molar-refractivity contribution >= 4 is 12.1 Å². The Balaban J connectivity index is 2.84. The molecule has 4 nitrogen and oxygen atoms in total. The maximum absolute atomic E-state index is 12.1. The molecule has 1 amide bonds. The van der Waals surface area contributed by atoms with Crippen LogP contribution in [0.3, 0.4) is 0 Å². The van der Waals surface area contributed by atoms with Gasteiger partial charge in [0.25, 0.3) is 5.91 Å². The predicted molar refractivity (Wildman–Crippen MR) is 93.8 cm³/mol. The van der Waals surface area contributed by atoms with Gasteiger partial charge in [-0.2, -0.15) is 0 Å². The third-order valence-corrected chi connectivity index (χ3v) is 2.58. The number of allylic oxidation sites excluding steroid dienone is 4. The largest absolute Gasteiger partial charge is 0.321 e. The molecule has 0 saturated heterocycles. The van der Waals surface area contributed by atoms with Gasteiger partial charge >= 0.3 is 0 Å². The van der Waals surface area contributed by atoms with Crippen LogP contribution in [0.1, 0.15) is 18.9 Å². The second-order valence-electron chi connectivity index (χ2n) is 4.71. The molecule has 0 aromatic carbocycles. The molecule has 0 saturated carbocycles. The molecule has 0 fully saturated rings. The molecule has 23 heavy (non-hydrogen) atoms. The van der Waals surface area contributed by atoms with Crippen LogP contribution in [0.25, 0.3) is 0 Å². The monoisotopic (exact) mass is 305 g/mol. The van der Waals surface area contributed by atoms with Crippen molar-refractivity contribution in [2.24, 2.45) is 0 Å². The third-order valence-electron chi connectivity index (χ3n) is 2.58. The number of pyridine rings is 1. The van der Waals surface area contributed by atoms with Crippen LogP contribution in [0.15, 0.2) is 72.8 Å². The van der Waals surface area contributed by atoms with E-state index in [1.165, 1.54) is 0 Å². The zero-order valence-corrected chi connectivity index (χ0v) is 13.1. The Bertz CT molecular complexity index is 716. The number of rotatable bonds is 6. The number of hydrogen-bond donors (Lipinski definition) is 2. The van der Waals surface area contributed by atoms with Crippen molar-refractivity contribution in [2.45, 2.75) is 13.3 Å². The van der Waals surface area contributed by atoms with Crippen molar-refractivity contribution in [3.63, 3.8) is 0 Å². The van der Waals surface area contributed by atoms with E-state index in [4.69, 9.17) is 5.41 Å². The highest BCUT2D eigenvalue weighted by atomic mass is 16.1. The Morgan fingerprint density at radius 2 is 2.22 bits per heavy atom. The van der Waals surface area contributed by atoms with Crippen molar-refractivity contribution in [1.29, 1.82) is 5.41 Å². The summed E-state index contributed by atoms with van der Waals surface area (Å²) < 4.78 is 0. The molecule has 4 heteroatoms. The summed E-state index contributed by atoms with van der Waals surface area (Å²) in [5.74, 6) is 5.61. The summed E-state index contributed by atoms with van der Waals surface area (Å²) in [6, 6.07) is 3.68. The number of carbonyl (C=O) groups is 1. The summed E-state index contributed by atoms with van der Waals surface area (Å²) >= 11 is 0. The van der Waals surface area contributed by atoms with Gasteiger partial charge in [0.2, 0.25) is 0 Å². The Morgan fingerprint density at radius 3 is 2.83 bits per heavy atom. The lowest BCUT2D eigenvalue weighted by Crippen LogP contribution is -2.23. The van der Waals surface area contributed by atoms with Crippen molar-refractivity contribution in [3.8, 4) is 11.8 Å². The summed E-state index contributed by atoms with van der Waals surface area (Å²) in [6.07, 6.45) is 9.89. The summed E-state index contributed by atoms with van der Waals surface area (Å²) in [6.45, 7) is 9.15. The molecule has 0 unspecified atom stereocenters.